The summed E-state index contributed by atoms with van der Waals surface area (Å²) in [6, 6.07) is 12.4. The normalized spacial score (nSPS) is 10.8. The molecule has 0 saturated heterocycles. The van der Waals surface area contributed by atoms with Crippen LogP contribution in [-0.4, -0.2) is 67.9 Å². The molecule has 3 aromatic carbocycles. The smallest absolute Gasteiger partial charge is 0.306 e. The summed E-state index contributed by atoms with van der Waals surface area (Å²) in [4.78, 5) is 37.1. The Bertz CT molecular complexity index is 1330. The van der Waals surface area contributed by atoms with Gasteiger partial charge in [0.25, 0.3) is 0 Å². The molecule has 0 aliphatic rings. The van der Waals surface area contributed by atoms with Gasteiger partial charge in [-0.1, -0.05) is 18.2 Å². The first kappa shape index (κ1) is 31.4. The van der Waals surface area contributed by atoms with Crippen LogP contribution < -0.4 is 0 Å². The van der Waals surface area contributed by atoms with E-state index in [0.29, 0.717) is 16.7 Å². The second-order valence-electron chi connectivity index (χ2n) is 9.45. The van der Waals surface area contributed by atoms with Crippen molar-refractivity contribution in [3.05, 3.63) is 71.3 Å². The lowest BCUT2D eigenvalue weighted by Crippen LogP contribution is -2.31. The third kappa shape index (κ3) is 10.1. The molecule has 0 heterocycles. The van der Waals surface area contributed by atoms with E-state index in [1.54, 1.807) is 12.1 Å². The van der Waals surface area contributed by atoms with Gasteiger partial charge in [-0.15, -0.1) is 0 Å². The number of hydrogen-bond acceptors (Lipinski definition) is 12. The van der Waals surface area contributed by atoms with E-state index >= 15 is 0 Å². The lowest BCUT2D eigenvalue weighted by molar-refractivity contribution is -0.166. The van der Waals surface area contributed by atoms with Crippen molar-refractivity contribution in [2.75, 3.05) is 13.2 Å². The molecule has 0 radical (unpaired) electrons. The van der Waals surface area contributed by atoms with E-state index in [0.717, 1.165) is 0 Å². The molecule has 0 bridgehead atoms. The summed E-state index contributed by atoms with van der Waals surface area (Å²) in [6.07, 6.45) is -0.788. The highest BCUT2D eigenvalue weighted by Crippen LogP contribution is 2.27. The molecule has 0 aromatic heterocycles. The first-order valence-electron chi connectivity index (χ1n) is 13.0. The fourth-order valence-electron chi connectivity index (χ4n) is 3.79. The van der Waals surface area contributed by atoms with Crippen LogP contribution in [0.25, 0.3) is 0 Å². The maximum atomic E-state index is 12.5. The molecule has 3 rings (SSSR count). The fraction of sp³-hybridized carbons (Fsp3) is 0.300. The molecule has 12 heteroatoms. The van der Waals surface area contributed by atoms with Crippen molar-refractivity contribution in [2.24, 2.45) is 0 Å². The van der Waals surface area contributed by atoms with Crippen molar-refractivity contribution < 1.29 is 59.2 Å². The molecule has 6 N–H and O–H groups in total. The standard InChI is InChI=1S/C30H32O12/c31-22-7-1-18(13-25(22)34)4-10-28(37)40-16-21(42-30(39)12-6-20-3-9-24(33)27(36)15-20)17-41-29(38)11-5-19-2-8-23(32)26(35)14-19/h1-3,7-9,13-15,21,31-36H,4-6,10-12,16-17H2. The Balaban J connectivity index is 1.52. The van der Waals surface area contributed by atoms with Gasteiger partial charge in [0.1, 0.15) is 13.2 Å². The molecular weight excluding hydrogens is 552 g/mol. The number of phenolic OH excluding ortho intramolecular Hbond substituents is 6. The minimum Gasteiger partial charge on any atom is -0.504 e. The Morgan fingerprint density at radius 3 is 1.17 bits per heavy atom. The van der Waals surface area contributed by atoms with E-state index in [4.69, 9.17) is 14.2 Å². The zero-order valence-electron chi connectivity index (χ0n) is 22.6. The number of carbonyl (C=O) groups is 3. The van der Waals surface area contributed by atoms with E-state index in [1.165, 1.54) is 42.5 Å². The van der Waals surface area contributed by atoms with Crippen LogP contribution in [0.4, 0.5) is 0 Å². The van der Waals surface area contributed by atoms with Gasteiger partial charge in [-0.05, 0) is 72.4 Å². The van der Waals surface area contributed by atoms with Crippen LogP contribution in [0.1, 0.15) is 36.0 Å². The van der Waals surface area contributed by atoms with E-state index < -0.39 is 37.2 Å². The number of aromatic hydroxyl groups is 6. The van der Waals surface area contributed by atoms with Crippen molar-refractivity contribution >= 4 is 17.9 Å². The Kier molecular flexibility index (Phi) is 11.2. The van der Waals surface area contributed by atoms with Crippen LogP contribution in [-0.2, 0) is 47.9 Å². The van der Waals surface area contributed by atoms with E-state index in [2.05, 4.69) is 0 Å². The Labute approximate surface area is 241 Å². The van der Waals surface area contributed by atoms with E-state index in [9.17, 15) is 45.0 Å². The number of carbonyl (C=O) groups excluding carboxylic acids is 3. The Hall–Kier alpha value is -5.13. The van der Waals surface area contributed by atoms with Gasteiger partial charge in [0, 0.05) is 19.3 Å². The molecule has 42 heavy (non-hydrogen) atoms. The monoisotopic (exact) mass is 584 g/mol. The van der Waals surface area contributed by atoms with Gasteiger partial charge in [-0.3, -0.25) is 14.4 Å². The molecule has 0 amide bonds. The predicted molar refractivity (Wildman–Crippen MR) is 146 cm³/mol. The number of benzene rings is 3. The van der Waals surface area contributed by atoms with Crippen LogP contribution in [0.2, 0.25) is 0 Å². The molecule has 0 atom stereocenters. The van der Waals surface area contributed by atoms with Crippen molar-refractivity contribution in [3.8, 4) is 34.5 Å². The highest BCUT2D eigenvalue weighted by molar-refractivity contribution is 5.71. The van der Waals surface area contributed by atoms with E-state index in [-0.39, 0.29) is 73.0 Å². The average molecular weight is 585 g/mol. The second-order valence-corrected chi connectivity index (χ2v) is 9.45. The molecule has 0 saturated carbocycles. The van der Waals surface area contributed by atoms with Crippen molar-refractivity contribution in [1.29, 1.82) is 0 Å². The highest BCUT2D eigenvalue weighted by atomic mass is 16.6. The molecule has 224 valence electrons. The van der Waals surface area contributed by atoms with Crippen molar-refractivity contribution in [2.45, 2.75) is 44.6 Å². The fourth-order valence-corrected chi connectivity index (χ4v) is 3.79. The minimum absolute atomic E-state index is 0.0749. The number of aryl methyl sites for hydroxylation is 3. The summed E-state index contributed by atoms with van der Waals surface area (Å²) < 4.78 is 15.8. The third-order valence-electron chi connectivity index (χ3n) is 6.13. The highest BCUT2D eigenvalue weighted by Gasteiger charge is 2.20. The summed E-state index contributed by atoms with van der Waals surface area (Å²) in [5, 5.41) is 57.1. The first-order valence-corrected chi connectivity index (χ1v) is 13.0. The maximum absolute atomic E-state index is 12.5. The minimum atomic E-state index is -1.12. The van der Waals surface area contributed by atoms with Crippen LogP contribution in [0.15, 0.2) is 54.6 Å². The predicted octanol–water partition coefficient (Wildman–Crippen LogP) is 3.12. The molecule has 0 spiro atoms. The topological polar surface area (TPSA) is 200 Å². The zero-order chi connectivity index (χ0) is 30.6. The first-order chi connectivity index (χ1) is 20.0. The van der Waals surface area contributed by atoms with Crippen molar-refractivity contribution in [1.82, 2.24) is 0 Å². The lowest BCUT2D eigenvalue weighted by atomic mass is 10.1. The summed E-state index contributed by atoms with van der Waals surface area (Å²) in [7, 11) is 0. The zero-order valence-corrected chi connectivity index (χ0v) is 22.6. The third-order valence-corrected chi connectivity index (χ3v) is 6.13. The summed E-state index contributed by atoms with van der Waals surface area (Å²) in [5.41, 5.74) is 1.74. The average Bonchev–Trinajstić information content (AvgIpc) is 2.96. The number of ether oxygens (including phenoxy) is 3. The SMILES string of the molecule is O=C(CCc1ccc(O)c(O)c1)OCC(COC(=O)CCc1ccc(O)c(O)c1)OC(=O)CCc1ccc(O)c(O)c1. The quantitative estimate of drug-likeness (QED) is 0.0920. The Morgan fingerprint density at radius 1 is 0.500 bits per heavy atom. The van der Waals surface area contributed by atoms with E-state index in [1.807, 2.05) is 0 Å². The largest absolute Gasteiger partial charge is 0.504 e. The molecule has 0 aliphatic heterocycles. The van der Waals surface area contributed by atoms with Crippen LogP contribution >= 0.6 is 0 Å². The number of hydrogen-bond donors (Lipinski definition) is 6. The number of esters is 3. The molecular formula is C30H32O12. The van der Waals surface area contributed by atoms with Crippen LogP contribution in [0.5, 0.6) is 34.5 Å². The van der Waals surface area contributed by atoms with Gasteiger partial charge >= 0.3 is 17.9 Å². The summed E-state index contributed by atoms with van der Waals surface area (Å²) in [6.45, 7) is -0.797. The number of rotatable bonds is 14. The molecule has 0 unspecified atom stereocenters. The lowest BCUT2D eigenvalue weighted by Gasteiger charge is -2.18. The van der Waals surface area contributed by atoms with Gasteiger partial charge in [-0.2, -0.15) is 0 Å². The van der Waals surface area contributed by atoms with Crippen LogP contribution in [0, 0.1) is 0 Å². The van der Waals surface area contributed by atoms with Gasteiger partial charge in [-0.25, -0.2) is 0 Å². The molecule has 3 aromatic rings. The van der Waals surface area contributed by atoms with Gasteiger partial charge in [0.05, 0.1) is 0 Å². The Morgan fingerprint density at radius 2 is 0.833 bits per heavy atom. The molecule has 0 fully saturated rings. The van der Waals surface area contributed by atoms with Gasteiger partial charge in [0.2, 0.25) is 0 Å². The van der Waals surface area contributed by atoms with Gasteiger partial charge < -0.3 is 44.8 Å². The molecule has 0 aliphatic carbocycles. The number of phenols is 6. The van der Waals surface area contributed by atoms with Gasteiger partial charge in [0.15, 0.2) is 40.6 Å². The second kappa shape index (κ2) is 15.0. The molecule has 12 nitrogen and oxygen atoms in total. The van der Waals surface area contributed by atoms with Crippen molar-refractivity contribution in [3.63, 3.8) is 0 Å². The summed E-state index contributed by atoms with van der Waals surface area (Å²) >= 11 is 0. The summed E-state index contributed by atoms with van der Waals surface area (Å²) in [5.74, 6) is -3.80. The van der Waals surface area contributed by atoms with Crippen LogP contribution in [0.3, 0.4) is 0 Å². The maximum Gasteiger partial charge on any atom is 0.306 e.